The Morgan fingerprint density at radius 1 is 0.467 bits per heavy atom. The molecule has 0 aliphatic carbocycles. The van der Waals surface area contributed by atoms with E-state index in [-0.39, 0.29) is 11.3 Å². The van der Waals surface area contributed by atoms with Crippen molar-refractivity contribution in [3.63, 3.8) is 0 Å². The number of ether oxygens (including phenoxy) is 2. The Labute approximate surface area is 371 Å². The predicted octanol–water partition coefficient (Wildman–Crippen LogP) is 17.0. The summed E-state index contributed by atoms with van der Waals surface area (Å²) in [7, 11) is -3.75. The monoisotopic (exact) mass is 853 g/mol. The van der Waals surface area contributed by atoms with Gasteiger partial charge in [0.2, 0.25) is 9.84 Å². The molecule has 0 fully saturated rings. The van der Waals surface area contributed by atoms with Gasteiger partial charge in [-0.2, -0.15) is 0 Å². The third kappa shape index (κ3) is 26.9. The first kappa shape index (κ1) is 53.8. The van der Waals surface area contributed by atoms with Crippen LogP contribution < -0.4 is 9.47 Å². The molecule has 2 aromatic carbocycles. The summed E-state index contributed by atoms with van der Waals surface area (Å²) in [6.45, 7) is 7.84. The molecule has 2 aromatic rings. The predicted molar refractivity (Wildman–Crippen MR) is 260 cm³/mol. The fourth-order valence-corrected chi connectivity index (χ4v) is 9.43. The first-order chi connectivity index (χ1) is 29.4. The number of rotatable bonds is 42. The van der Waals surface area contributed by atoms with E-state index < -0.39 is 15.3 Å². The van der Waals surface area contributed by atoms with E-state index in [1.165, 1.54) is 193 Å². The van der Waals surface area contributed by atoms with Gasteiger partial charge in [-0.1, -0.05) is 244 Å². The molecule has 0 aliphatic rings. The second-order valence-corrected chi connectivity index (χ2v) is 19.8. The van der Waals surface area contributed by atoms with Crippen LogP contribution in [0.4, 0.5) is 0 Å². The van der Waals surface area contributed by atoms with Gasteiger partial charge in [0.05, 0.1) is 18.1 Å². The van der Waals surface area contributed by atoms with Gasteiger partial charge in [-0.05, 0) is 49.1 Å². The largest absolute Gasteiger partial charge is 0.493 e. The Kier molecular flexibility index (Phi) is 33.4. The topological polar surface area (TPSA) is 72.8 Å². The molecule has 0 aliphatic heterocycles. The summed E-state index contributed by atoms with van der Waals surface area (Å²) >= 11 is 0. The van der Waals surface area contributed by atoms with Crippen LogP contribution in [0, 0.1) is 0 Å². The van der Waals surface area contributed by atoms with Crippen LogP contribution in [-0.2, 0) is 9.84 Å². The molecule has 1 N–H and O–H groups in total. The summed E-state index contributed by atoms with van der Waals surface area (Å²) in [6, 6.07) is 12.9. The van der Waals surface area contributed by atoms with Crippen LogP contribution in [0.5, 0.6) is 11.5 Å². The molecule has 60 heavy (non-hydrogen) atoms. The van der Waals surface area contributed by atoms with Gasteiger partial charge in [0.15, 0.2) is 5.44 Å². The van der Waals surface area contributed by atoms with E-state index in [0.29, 0.717) is 19.6 Å². The number of benzene rings is 2. The van der Waals surface area contributed by atoms with Gasteiger partial charge in [-0.25, -0.2) is 8.42 Å². The van der Waals surface area contributed by atoms with E-state index >= 15 is 0 Å². The van der Waals surface area contributed by atoms with Crippen molar-refractivity contribution in [2.75, 3.05) is 13.2 Å². The van der Waals surface area contributed by atoms with Gasteiger partial charge >= 0.3 is 0 Å². The van der Waals surface area contributed by atoms with Crippen LogP contribution in [0.2, 0.25) is 0 Å². The third-order valence-electron chi connectivity index (χ3n) is 12.1. The summed E-state index contributed by atoms with van der Waals surface area (Å²) < 4.78 is 38.1. The first-order valence-electron chi connectivity index (χ1n) is 25.5. The highest BCUT2D eigenvalue weighted by Crippen LogP contribution is 2.28. The van der Waals surface area contributed by atoms with Gasteiger partial charge < -0.3 is 14.6 Å². The second-order valence-electron chi connectivity index (χ2n) is 17.7. The van der Waals surface area contributed by atoms with Crippen molar-refractivity contribution in [2.24, 2.45) is 0 Å². The van der Waals surface area contributed by atoms with Crippen molar-refractivity contribution in [3.8, 4) is 11.5 Å². The van der Waals surface area contributed by atoms with Gasteiger partial charge in [0.1, 0.15) is 11.5 Å². The average molecular weight is 853 g/mol. The SMILES string of the molecule is CCCCCCCCCCCCCCCCCCOc1ccc(C=Cc2ccc(S(=O)(=O)C(O)CCC)cc2)c(OCCCCCCCCCCCCCCCCCC)c1. The lowest BCUT2D eigenvalue weighted by Crippen LogP contribution is -2.20. The lowest BCUT2D eigenvalue weighted by molar-refractivity contribution is 0.237. The summed E-state index contributed by atoms with van der Waals surface area (Å²) in [5.41, 5.74) is 0.477. The number of sulfone groups is 1. The van der Waals surface area contributed by atoms with E-state index in [0.717, 1.165) is 35.5 Å². The Hall–Kier alpha value is -2.31. The van der Waals surface area contributed by atoms with Crippen molar-refractivity contribution in [1.29, 1.82) is 0 Å². The smallest absolute Gasteiger partial charge is 0.204 e. The molecule has 1 atom stereocenters. The molecule has 2 rings (SSSR count). The lowest BCUT2D eigenvalue weighted by atomic mass is 10.0. The number of aliphatic hydroxyl groups is 1. The van der Waals surface area contributed by atoms with Crippen molar-refractivity contribution in [2.45, 2.75) is 249 Å². The molecule has 344 valence electrons. The van der Waals surface area contributed by atoms with Crippen molar-refractivity contribution >= 4 is 22.0 Å². The molecule has 1 unspecified atom stereocenters. The Bertz CT molecular complexity index is 1400. The van der Waals surface area contributed by atoms with Crippen molar-refractivity contribution in [3.05, 3.63) is 53.6 Å². The molecule has 0 saturated heterocycles. The standard InChI is InChI=1S/C54H92O5S/c1-4-7-9-11-13-15-17-19-21-23-25-27-29-31-33-35-46-58-51-43-42-50(41-38-49-39-44-52(45-40-49)60(56,57)54(55)37-6-3)53(48-51)59-47-36-34-32-30-28-26-24-22-20-18-16-14-12-10-8-5-2/h38-45,48,54-55H,4-37,46-47H2,1-3H3. The highest BCUT2D eigenvalue weighted by molar-refractivity contribution is 7.91. The minimum Gasteiger partial charge on any atom is -0.493 e. The maximum atomic E-state index is 12.7. The molecule has 0 radical (unpaired) electrons. The molecule has 0 amide bonds. The van der Waals surface area contributed by atoms with E-state index in [4.69, 9.17) is 9.47 Å². The Balaban J connectivity index is 1.75. The Morgan fingerprint density at radius 2 is 0.850 bits per heavy atom. The first-order valence-corrected chi connectivity index (χ1v) is 27.1. The van der Waals surface area contributed by atoms with E-state index in [9.17, 15) is 13.5 Å². The molecule has 0 saturated carbocycles. The average Bonchev–Trinajstić information content (AvgIpc) is 3.25. The molecular weight excluding hydrogens is 761 g/mol. The zero-order valence-corrected chi connectivity index (χ0v) is 40.0. The van der Waals surface area contributed by atoms with Crippen LogP contribution >= 0.6 is 0 Å². The van der Waals surface area contributed by atoms with Gasteiger partial charge in [-0.3, -0.25) is 0 Å². The minimum atomic E-state index is -3.75. The number of hydrogen-bond acceptors (Lipinski definition) is 5. The zero-order chi connectivity index (χ0) is 43.2. The number of unbranched alkanes of at least 4 members (excludes halogenated alkanes) is 30. The zero-order valence-electron chi connectivity index (χ0n) is 39.2. The highest BCUT2D eigenvalue weighted by Gasteiger charge is 2.24. The number of aliphatic hydroxyl groups excluding tert-OH is 1. The van der Waals surface area contributed by atoms with Crippen LogP contribution in [-0.4, -0.2) is 32.2 Å². The van der Waals surface area contributed by atoms with Crippen LogP contribution in [0.25, 0.3) is 12.2 Å². The quantitative estimate of drug-likeness (QED) is 0.0532. The summed E-state index contributed by atoms with van der Waals surface area (Å²) in [6.07, 6.45) is 48.1. The van der Waals surface area contributed by atoms with E-state index in [1.54, 1.807) is 24.3 Å². The van der Waals surface area contributed by atoms with E-state index in [2.05, 4.69) is 19.9 Å². The molecule has 5 nitrogen and oxygen atoms in total. The fourth-order valence-electron chi connectivity index (χ4n) is 8.05. The van der Waals surface area contributed by atoms with Crippen LogP contribution in [0.3, 0.4) is 0 Å². The minimum absolute atomic E-state index is 0.147. The fraction of sp³-hybridized carbons (Fsp3) is 0.741. The van der Waals surface area contributed by atoms with Gasteiger partial charge in [0, 0.05) is 11.6 Å². The van der Waals surface area contributed by atoms with Crippen molar-refractivity contribution < 1.29 is 23.0 Å². The third-order valence-corrected chi connectivity index (χ3v) is 13.9. The highest BCUT2D eigenvalue weighted by atomic mass is 32.2. The van der Waals surface area contributed by atoms with Crippen LogP contribution in [0.15, 0.2) is 47.4 Å². The van der Waals surface area contributed by atoms with Gasteiger partial charge in [-0.15, -0.1) is 0 Å². The maximum absolute atomic E-state index is 12.7. The molecular formula is C54H92O5S. The van der Waals surface area contributed by atoms with Crippen LogP contribution in [0.1, 0.15) is 250 Å². The molecule has 0 spiro atoms. The molecule has 0 aromatic heterocycles. The Morgan fingerprint density at radius 3 is 1.25 bits per heavy atom. The molecule has 0 bridgehead atoms. The molecule has 6 heteroatoms. The second kappa shape index (κ2) is 37.3. The van der Waals surface area contributed by atoms with Gasteiger partial charge in [0.25, 0.3) is 0 Å². The summed E-state index contributed by atoms with van der Waals surface area (Å²) in [4.78, 5) is 0.147. The maximum Gasteiger partial charge on any atom is 0.204 e. The lowest BCUT2D eigenvalue weighted by Gasteiger charge is -2.13. The normalized spacial score (nSPS) is 12.4. The van der Waals surface area contributed by atoms with Crippen molar-refractivity contribution in [1.82, 2.24) is 0 Å². The van der Waals surface area contributed by atoms with E-state index in [1.807, 2.05) is 31.2 Å². The molecule has 0 heterocycles. The summed E-state index contributed by atoms with van der Waals surface area (Å²) in [5.74, 6) is 1.66. The summed E-state index contributed by atoms with van der Waals surface area (Å²) in [5, 5.41) is 10.2. The number of hydrogen-bond donors (Lipinski definition) is 1.